The van der Waals surface area contributed by atoms with Crippen molar-refractivity contribution in [2.24, 2.45) is 0 Å². The number of aliphatic hydroxyl groups is 1. The van der Waals surface area contributed by atoms with Gasteiger partial charge in [-0.05, 0) is 32.1 Å². The van der Waals surface area contributed by atoms with E-state index in [0.717, 1.165) is 45.1 Å². The van der Waals surface area contributed by atoms with Gasteiger partial charge in [-0.15, -0.1) is 12.3 Å². The molecule has 2 unspecified atom stereocenters. The maximum absolute atomic E-state index is 9.59. The number of ether oxygens (including phenoxy) is 1. The SMILES string of the molecule is C#CCCCC(O)CC1CCCO1. The fourth-order valence-electron chi connectivity index (χ4n) is 1.69. The molecule has 2 atom stereocenters. The topological polar surface area (TPSA) is 29.5 Å². The van der Waals surface area contributed by atoms with Crippen LogP contribution in [0.1, 0.15) is 38.5 Å². The van der Waals surface area contributed by atoms with Crippen molar-refractivity contribution in [1.82, 2.24) is 0 Å². The molecule has 0 saturated carbocycles. The Morgan fingerprint density at radius 2 is 2.46 bits per heavy atom. The summed E-state index contributed by atoms with van der Waals surface area (Å²) in [6, 6.07) is 0. The Morgan fingerprint density at radius 1 is 1.62 bits per heavy atom. The molecule has 0 radical (unpaired) electrons. The van der Waals surface area contributed by atoms with Crippen LogP contribution in [0.15, 0.2) is 0 Å². The van der Waals surface area contributed by atoms with E-state index in [0.29, 0.717) is 6.10 Å². The molecule has 1 fully saturated rings. The summed E-state index contributed by atoms with van der Waals surface area (Å²) in [5.41, 5.74) is 0. The van der Waals surface area contributed by atoms with Gasteiger partial charge in [0.1, 0.15) is 0 Å². The summed E-state index contributed by atoms with van der Waals surface area (Å²) in [5.74, 6) is 2.57. The van der Waals surface area contributed by atoms with Gasteiger partial charge in [-0.25, -0.2) is 0 Å². The fraction of sp³-hybridized carbons (Fsp3) is 0.818. The van der Waals surface area contributed by atoms with Gasteiger partial charge in [0.25, 0.3) is 0 Å². The van der Waals surface area contributed by atoms with Crippen LogP contribution in [0.5, 0.6) is 0 Å². The molecule has 1 aliphatic heterocycles. The van der Waals surface area contributed by atoms with Gasteiger partial charge in [0, 0.05) is 13.0 Å². The highest BCUT2D eigenvalue weighted by Crippen LogP contribution is 2.18. The zero-order valence-corrected chi connectivity index (χ0v) is 8.04. The minimum Gasteiger partial charge on any atom is -0.393 e. The van der Waals surface area contributed by atoms with Gasteiger partial charge in [-0.3, -0.25) is 0 Å². The second kappa shape index (κ2) is 6.01. The fourth-order valence-corrected chi connectivity index (χ4v) is 1.69. The van der Waals surface area contributed by atoms with Crippen molar-refractivity contribution in [1.29, 1.82) is 0 Å². The number of rotatable bonds is 5. The van der Waals surface area contributed by atoms with Crippen LogP contribution in [0.25, 0.3) is 0 Å². The van der Waals surface area contributed by atoms with Gasteiger partial charge in [0.2, 0.25) is 0 Å². The molecule has 0 aromatic heterocycles. The van der Waals surface area contributed by atoms with Crippen LogP contribution in [0, 0.1) is 12.3 Å². The van der Waals surface area contributed by atoms with E-state index < -0.39 is 0 Å². The van der Waals surface area contributed by atoms with Crippen LogP contribution >= 0.6 is 0 Å². The largest absolute Gasteiger partial charge is 0.393 e. The Balaban J connectivity index is 2.03. The highest BCUT2D eigenvalue weighted by molar-refractivity contribution is 4.83. The average molecular weight is 182 g/mol. The van der Waals surface area contributed by atoms with Crippen molar-refractivity contribution in [3.8, 4) is 12.3 Å². The first-order valence-electron chi connectivity index (χ1n) is 5.06. The number of hydrogen-bond donors (Lipinski definition) is 1. The van der Waals surface area contributed by atoms with E-state index in [1.54, 1.807) is 0 Å². The Morgan fingerprint density at radius 3 is 3.08 bits per heavy atom. The van der Waals surface area contributed by atoms with Crippen LogP contribution in [-0.4, -0.2) is 23.9 Å². The number of terminal acetylenes is 1. The Bertz CT molecular complexity index is 165. The van der Waals surface area contributed by atoms with Crippen LogP contribution in [0.4, 0.5) is 0 Å². The molecule has 2 nitrogen and oxygen atoms in total. The molecular weight excluding hydrogens is 164 g/mol. The first-order chi connectivity index (χ1) is 6.33. The van der Waals surface area contributed by atoms with Gasteiger partial charge < -0.3 is 9.84 Å². The molecule has 1 rings (SSSR count). The summed E-state index contributed by atoms with van der Waals surface area (Å²) < 4.78 is 5.43. The molecule has 1 aliphatic rings. The first kappa shape index (κ1) is 10.6. The zero-order chi connectivity index (χ0) is 9.52. The molecule has 74 valence electrons. The van der Waals surface area contributed by atoms with E-state index in [4.69, 9.17) is 11.2 Å². The van der Waals surface area contributed by atoms with Gasteiger partial charge in [0.05, 0.1) is 12.2 Å². The van der Waals surface area contributed by atoms with E-state index in [-0.39, 0.29) is 6.10 Å². The second-order valence-electron chi connectivity index (χ2n) is 3.62. The maximum atomic E-state index is 9.59. The lowest BCUT2D eigenvalue weighted by Crippen LogP contribution is -2.16. The molecular formula is C11H18O2. The molecule has 0 aromatic rings. The summed E-state index contributed by atoms with van der Waals surface area (Å²) >= 11 is 0. The molecule has 0 bridgehead atoms. The summed E-state index contributed by atoms with van der Waals surface area (Å²) in [6.45, 7) is 0.863. The predicted octanol–water partition coefficient (Wildman–Crippen LogP) is 1.72. The smallest absolute Gasteiger partial charge is 0.0600 e. The van der Waals surface area contributed by atoms with Crippen molar-refractivity contribution in [3.05, 3.63) is 0 Å². The molecule has 0 spiro atoms. The molecule has 1 saturated heterocycles. The van der Waals surface area contributed by atoms with Gasteiger partial charge in [0.15, 0.2) is 0 Å². The van der Waals surface area contributed by atoms with Gasteiger partial charge in [-0.2, -0.15) is 0 Å². The van der Waals surface area contributed by atoms with Crippen LogP contribution in [0.3, 0.4) is 0 Å². The molecule has 1 N–H and O–H groups in total. The van der Waals surface area contributed by atoms with E-state index in [1.807, 2.05) is 0 Å². The number of unbranched alkanes of at least 4 members (excludes halogenated alkanes) is 1. The zero-order valence-electron chi connectivity index (χ0n) is 8.04. The maximum Gasteiger partial charge on any atom is 0.0600 e. The molecule has 0 aliphatic carbocycles. The first-order valence-corrected chi connectivity index (χ1v) is 5.06. The Kier molecular flexibility index (Phi) is 4.88. The summed E-state index contributed by atoms with van der Waals surface area (Å²) in [6.07, 6.45) is 10.7. The molecule has 1 heterocycles. The monoisotopic (exact) mass is 182 g/mol. The highest BCUT2D eigenvalue weighted by Gasteiger charge is 2.18. The summed E-state index contributed by atoms with van der Waals surface area (Å²) in [4.78, 5) is 0. The van der Waals surface area contributed by atoms with Crippen LogP contribution < -0.4 is 0 Å². The Labute approximate surface area is 80.3 Å². The third-order valence-electron chi connectivity index (χ3n) is 2.42. The second-order valence-corrected chi connectivity index (χ2v) is 3.62. The van der Waals surface area contributed by atoms with E-state index in [1.165, 1.54) is 0 Å². The van der Waals surface area contributed by atoms with Crippen molar-refractivity contribution >= 4 is 0 Å². The molecule has 13 heavy (non-hydrogen) atoms. The number of aliphatic hydroxyl groups excluding tert-OH is 1. The van der Waals surface area contributed by atoms with E-state index in [9.17, 15) is 5.11 Å². The quantitative estimate of drug-likeness (QED) is 0.518. The van der Waals surface area contributed by atoms with Gasteiger partial charge >= 0.3 is 0 Å². The third kappa shape index (κ3) is 4.31. The summed E-state index contributed by atoms with van der Waals surface area (Å²) in [7, 11) is 0. The lowest BCUT2D eigenvalue weighted by molar-refractivity contribution is 0.0500. The summed E-state index contributed by atoms with van der Waals surface area (Å²) in [5, 5.41) is 9.59. The minimum absolute atomic E-state index is 0.226. The molecule has 2 heteroatoms. The average Bonchev–Trinajstić information content (AvgIpc) is 2.57. The van der Waals surface area contributed by atoms with Crippen molar-refractivity contribution in [2.75, 3.05) is 6.61 Å². The minimum atomic E-state index is -0.226. The lowest BCUT2D eigenvalue weighted by Gasteiger charge is -2.14. The van der Waals surface area contributed by atoms with Crippen molar-refractivity contribution in [2.45, 2.75) is 50.7 Å². The van der Waals surface area contributed by atoms with E-state index in [2.05, 4.69) is 5.92 Å². The third-order valence-corrected chi connectivity index (χ3v) is 2.42. The van der Waals surface area contributed by atoms with Crippen LogP contribution in [0.2, 0.25) is 0 Å². The molecule has 0 amide bonds. The van der Waals surface area contributed by atoms with Crippen LogP contribution in [-0.2, 0) is 4.74 Å². The van der Waals surface area contributed by atoms with Gasteiger partial charge in [-0.1, -0.05) is 0 Å². The Hall–Kier alpha value is -0.520. The normalized spacial score (nSPS) is 24.2. The van der Waals surface area contributed by atoms with Crippen molar-refractivity contribution in [3.63, 3.8) is 0 Å². The highest BCUT2D eigenvalue weighted by atomic mass is 16.5. The number of hydrogen-bond acceptors (Lipinski definition) is 2. The van der Waals surface area contributed by atoms with E-state index >= 15 is 0 Å². The van der Waals surface area contributed by atoms with Crippen molar-refractivity contribution < 1.29 is 9.84 Å². The standard InChI is InChI=1S/C11H18O2/c1-2-3-4-6-10(12)9-11-7-5-8-13-11/h1,10-12H,3-9H2. The predicted molar refractivity (Wildman–Crippen MR) is 52.3 cm³/mol. The molecule has 0 aromatic carbocycles. The lowest BCUT2D eigenvalue weighted by atomic mass is 10.0.